The minimum Gasteiger partial charge on any atom is -0.357 e. The van der Waals surface area contributed by atoms with Gasteiger partial charge in [0.2, 0.25) is 11.8 Å². The van der Waals surface area contributed by atoms with E-state index in [1.165, 1.54) is 0 Å². The average Bonchev–Trinajstić information content (AvgIpc) is 3.21. The topological polar surface area (TPSA) is 85.8 Å². The van der Waals surface area contributed by atoms with Crippen LogP contribution in [0.25, 0.3) is 0 Å². The molecule has 0 spiro atoms. The number of aliphatic imine (C=N–C) groups is 1. The number of nitrogens with one attached hydrogen (secondary N) is 3. The predicted molar refractivity (Wildman–Crippen MR) is 135 cm³/mol. The average molecular weight is 535 g/mol. The molecule has 0 aromatic heterocycles. The highest BCUT2D eigenvalue weighted by Gasteiger charge is 2.21. The van der Waals surface area contributed by atoms with Gasteiger partial charge in [0.25, 0.3) is 0 Å². The zero-order valence-corrected chi connectivity index (χ0v) is 20.1. The van der Waals surface area contributed by atoms with Crippen molar-refractivity contribution in [2.75, 3.05) is 24.5 Å². The first-order valence-corrected chi connectivity index (χ1v) is 10.4. The Kier molecular flexibility index (Phi) is 10.3. The molecule has 1 aliphatic heterocycles. The van der Waals surface area contributed by atoms with Gasteiger partial charge >= 0.3 is 0 Å². The van der Waals surface area contributed by atoms with Crippen LogP contribution in [0.5, 0.6) is 0 Å². The van der Waals surface area contributed by atoms with Crippen LogP contribution in [0.1, 0.15) is 30.9 Å². The lowest BCUT2D eigenvalue weighted by atomic mass is 10.2. The fraction of sp³-hybridized carbons (Fsp3) is 0.348. The monoisotopic (exact) mass is 535 g/mol. The fourth-order valence-corrected chi connectivity index (χ4v) is 3.24. The van der Waals surface area contributed by atoms with E-state index in [4.69, 9.17) is 0 Å². The molecular formula is C23H30IN5O2. The molecule has 166 valence electrons. The van der Waals surface area contributed by atoms with Crippen molar-refractivity contribution < 1.29 is 9.59 Å². The van der Waals surface area contributed by atoms with Gasteiger partial charge in [-0.2, -0.15) is 0 Å². The molecule has 3 N–H and O–H groups in total. The Morgan fingerprint density at radius 2 is 1.74 bits per heavy atom. The van der Waals surface area contributed by atoms with Crippen LogP contribution in [0, 0.1) is 0 Å². The summed E-state index contributed by atoms with van der Waals surface area (Å²) in [6.45, 7) is 4.60. The summed E-state index contributed by atoms with van der Waals surface area (Å²) in [7, 11) is 0. The number of hydrogen-bond donors (Lipinski definition) is 3. The summed E-state index contributed by atoms with van der Waals surface area (Å²) >= 11 is 0. The third-order valence-electron chi connectivity index (χ3n) is 4.83. The summed E-state index contributed by atoms with van der Waals surface area (Å²) < 4.78 is 0. The Labute approximate surface area is 200 Å². The number of amides is 2. The molecule has 2 aromatic rings. The van der Waals surface area contributed by atoms with E-state index in [0.717, 1.165) is 29.8 Å². The lowest BCUT2D eigenvalue weighted by Gasteiger charge is -2.16. The number of halogens is 1. The molecular weight excluding hydrogens is 505 g/mol. The van der Waals surface area contributed by atoms with E-state index in [1.54, 1.807) is 0 Å². The summed E-state index contributed by atoms with van der Waals surface area (Å²) in [5, 5.41) is 9.10. The van der Waals surface area contributed by atoms with E-state index >= 15 is 0 Å². The van der Waals surface area contributed by atoms with Crippen LogP contribution in [0.15, 0.2) is 59.6 Å². The first-order chi connectivity index (χ1) is 14.7. The maximum absolute atomic E-state index is 12.1. The Hall–Kier alpha value is -2.62. The highest BCUT2D eigenvalue weighted by molar-refractivity contribution is 14.0. The largest absolute Gasteiger partial charge is 0.357 e. The molecule has 0 radical (unpaired) electrons. The molecule has 0 bridgehead atoms. The SMILES string of the molecule is CCNC(=NCc1ccc(N2CCCC2=O)cc1)NCC(=O)NCc1ccccc1.I. The number of benzene rings is 2. The van der Waals surface area contributed by atoms with Crippen molar-refractivity contribution in [3.63, 3.8) is 0 Å². The summed E-state index contributed by atoms with van der Waals surface area (Å²) in [4.78, 5) is 30.3. The van der Waals surface area contributed by atoms with E-state index in [0.29, 0.717) is 32.0 Å². The van der Waals surface area contributed by atoms with Gasteiger partial charge in [0.1, 0.15) is 0 Å². The van der Waals surface area contributed by atoms with Gasteiger partial charge in [0.15, 0.2) is 5.96 Å². The van der Waals surface area contributed by atoms with Crippen LogP contribution in [-0.4, -0.2) is 37.4 Å². The van der Waals surface area contributed by atoms with Crippen LogP contribution in [-0.2, 0) is 22.7 Å². The number of nitrogens with zero attached hydrogens (tertiary/aromatic N) is 2. The fourth-order valence-electron chi connectivity index (χ4n) is 3.24. The maximum Gasteiger partial charge on any atom is 0.239 e. The van der Waals surface area contributed by atoms with Gasteiger partial charge in [-0.15, -0.1) is 24.0 Å². The van der Waals surface area contributed by atoms with Crippen molar-refractivity contribution >= 4 is 47.4 Å². The molecule has 3 rings (SSSR count). The highest BCUT2D eigenvalue weighted by atomic mass is 127. The first-order valence-electron chi connectivity index (χ1n) is 10.4. The van der Waals surface area contributed by atoms with E-state index in [1.807, 2.05) is 66.4 Å². The summed E-state index contributed by atoms with van der Waals surface area (Å²) in [6.07, 6.45) is 1.55. The molecule has 1 heterocycles. The molecule has 1 saturated heterocycles. The quantitative estimate of drug-likeness (QED) is 0.276. The van der Waals surface area contributed by atoms with Gasteiger partial charge in [-0.1, -0.05) is 42.5 Å². The molecule has 0 unspecified atom stereocenters. The highest BCUT2D eigenvalue weighted by Crippen LogP contribution is 2.21. The predicted octanol–water partition coefficient (Wildman–Crippen LogP) is 2.80. The van der Waals surface area contributed by atoms with Crippen molar-refractivity contribution in [1.29, 1.82) is 0 Å². The Morgan fingerprint density at radius 3 is 2.39 bits per heavy atom. The maximum atomic E-state index is 12.1. The van der Waals surface area contributed by atoms with Gasteiger partial charge in [-0.25, -0.2) is 4.99 Å². The van der Waals surface area contributed by atoms with Crippen molar-refractivity contribution in [3.05, 3.63) is 65.7 Å². The number of carbonyl (C=O) groups is 2. The summed E-state index contributed by atoms with van der Waals surface area (Å²) in [5.41, 5.74) is 3.03. The molecule has 2 amide bonds. The van der Waals surface area contributed by atoms with Gasteiger partial charge in [-0.05, 0) is 36.6 Å². The van der Waals surface area contributed by atoms with Crippen LogP contribution >= 0.6 is 24.0 Å². The number of carbonyl (C=O) groups excluding carboxylic acids is 2. The number of guanidine groups is 1. The molecule has 1 aliphatic rings. The third kappa shape index (κ3) is 7.86. The Morgan fingerprint density at radius 1 is 1.00 bits per heavy atom. The van der Waals surface area contributed by atoms with Gasteiger partial charge in [0, 0.05) is 31.7 Å². The molecule has 0 saturated carbocycles. The van der Waals surface area contributed by atoms with E-state index in [-0.39, 0.29) is 42.3 Å². The molecule has 0 atom stereocenters. The lowest BCUT2D eigenvalue weighted by molar-refractivity contribution is -0.120. The van der Waals surface area contributed by atoms with Crippen LogP contribution in [0.3, 0.4) is 0 Å². The smallest absolute Gasteiger partial charge is 0.239 e. The van der Waals surface area contributed by atoms with Crippen molar-refractivity contribution in [1.82, 2.24) is 16.0 Å². The number of hydrogen-bond acceptors (Lipinski definition) is 3. The molecule has 0 aliphatic carbocycles. The third-order valence-corrected chi connectivity index (χ3v) is 4.83. The lowest BCUT2D eigenvalue weighted by Crippen LogP contribution is -2.43. The van der Waals surface area contributed by atoms with Gasteiger partial charge in [-0.3, -0.25) is 9.59 Å². The standard InChI is InChI=1S/C23H29N5O2.HI/c1-2-24-23(27-17-21(29)25-15-18-7-4-3-5-8-18)26-16-19-10-12-20(13-11-19)28-14-6-9-22(28)30;/h3-5,7-8,10-13H,2,6,9,14-17H2,1H3,(H,25,29)(H2,24,26,27);1H. The second-order valence-electron chi connectivity index (χ2n) is 7.13. The minimum absolute atomic E-state index is 0. The van der Waals surface area contributed by atoms with Gasteiger partial charge in [0.05, 0.1) is 13.1 Å². The summed E-state index contributed by atoms with van der Waals surface area (Å²) in [6, 6.07) is 17.7. The normalized spacial score (nSPS) is 13.5. The van der Waals surface area contributed by atoms with E-state index < -0.39 is 0 Å². The second-order valence-corrected chi connectivity index (χ2v) is 7.13. The summed E-state index contributed by atoms with van der Waals surface area (Å²) in [5.74, 6) is 0.681. The second kappa shape index (κ2) is 12.9. The van der Waals surface area contributed by atoms with Crippen molar-refractivity contribution in [3.8, 4) is 0 Å². The number of rotatable bonds is 8. The zero-order chi connectivity index (χ0) is 21.2. The molecule has 7 nitrogen and oxygen atoms in total. The zero-order valence-electron chi connectivity index (χ0n) is 17.8. The Balaban J connectivity index is 0.00000341. The van der Waals surface area contributed by atoms with Crippen LogP contribution in [0.4, 0.5) is 5.69 Å². The Bertz CT molecular complexity index is 871. The minimum atomic E-state index is -0.0934. The van der Waals surface area contributed by atoms with Crippen molar-refractivity contribution in [2.45, 2.75) is 32.9 Å². The van der Waals surface area contributed by atoms with Gasteiger partial charge < -0.3 is 20.9 Å². The molecule has 8 heteroatoms. The van der Waals surface area contributed by atoms with E-state index in [2.05, 4.69) is 20.9 Å². The molecule has 2 aromatic carbocycles. The molecule has 31 heavy (non-hydrogen) atoms. The first kappa shape index (κ1) is 24.6. The van der Waals surface area contributed by atoms with Crippen LogP contribution in [0.2, 0.25) is 0 Å². The van der Waals surface area contributed by atoms with Crippen LogP contribution < -0.4 is 20.9 Å². The number of anilines is 1. The van der Waals surface area contributed by atoms with Crippen molar-refractivity contribution in [2.24, 2.45) is 4.99 Å². The molecule has 1 fully saturated rings. The van der Waals surface area contributed by atoms with E-state index in [9.17, 15) is 9.59 Å².